The van der Waals surface area contributed by atoms with E-state index in [2.05, 4.69) is 20.3 Å². The van der Waals surface area contributed by atoms with Crippen LogP contribution in [0, 0.1) is 6.92 Å². The first-order chi connectivity index (χ1) is 8.66. The molecule has 0 aliphatic carbocycles. The topological polar surface area (TPSA) is 93.8 Å². The summed E-state index contributed by atoms with van der Waals surface area (Å²) in [5.74, 6) is -0.0621. The van der Waals surface area contributed by atoms with Gasteiger partial charge in [-0.25, -0.2) is 4.98 Å². The Labute approximate surface area is 104 Å². The minimum Gasteiger partial charge on any atom is -0.383 e. The maximum atomic E-state index is 11.8. The molecule has 0 fully saturated rings. The molecular formula is C12H13N5O. The van der Waals surface area contributed by atoms with Crippen LogP contribution in [-0.4, -0.2) is 20.9 Å². The second-order valence-corrected chi connectivity index (χ2v) is 3.77. The van der Waals surface area contributed by atoms with E-state index in [1.54, 1.807) is 24.5 Å². The molecule has 0 aliphatic rings. The first kappa shape index (κ1) is 12.0. The van der Waals surface area contributed by atoms with Crippen LogP contribution >= 0.6 is 0 Å². The van der Waals surface area contributed by atoms with Crippen LogP contribution in [0.3, 0.4) is 0 Å². The summed E-state index contributed by atoms with van der Waals surface area (Å²) in [5, 5.41) is 2.71. The first-order valence-electron chi connectivity index (χ1n) is 5.43. The van der Waals surface area contributed by atoms with Crippen molar-refractivity contribution in [2.75, 3.05) is 5.73 Å². The van der Waals surface area contributed by atoms with Gasteiger partial charge < -0.3 is 11.1 Å². The minimum atomic E-state index is -0.275. The molecule has 0 atom stereocenters. The van der Waals surface area contributed by atoms with Crippen LogP contribution in [0.2, 0.25) is 0 Å². The molecule has 2 heterocycles. The van der Waals surface area contributed by atoms with E-state index in [-0.39, 0.29) is 11.7 Å². The van der Waals surface area contributed by atoms with Crippen molar-refractivity contribution >= 4 is 11.7 Å². The van der Waals surface area contributed by atoms with Gasteiger partial charge in [-0.05, 0) is 19.1 Å². The monoisotopic (exact) mass is 243 g/mol. The summed E-state index contributed by atoms with van der Waals surface area (Å²) in [4.78, 5) is 23.9. The van der Waals surface area contributed by atoms with Crippen LogP contribution in [0.15, 0.2) is 30.7 Å². The lowest BCUT2D eigenvalue weighted by atomic mass is 10.2. The van der Waals surface area contributed by atoms with Gasteiger partial charge in [0.05, 0.1) is 29.7 Å². The van der Waals surface area contributed by atoms with E-state index < -0.39 is 0 Å². The fraction of sp³-hybridized carbons (Fsp3) is 0.167. The minimum absolute atomic E-state index is 0.213. The molecular weight excluding hydrogens is 230 g/mol. The Morgan fingerprint density at radius 2 is 2.17 bits per heavy atom. The van der Waals surface area contributed by atoms with Gasteiger partial charge in [0.15, 0.2) is 0 Å². The van der Waals surface area contributed by atoms with E-state index in [1.165, 1.54) is 6.20 Å². The molecule has 0 aliphatic heterocycles. The number of carbonyl (C=O) groups excluding carboxylic acids is 1. The standard InChI is InChI=1S/C12H13N5O/c1-8-5-16-9(6-15-8)7-17-12(18)10-3-2-4-14-11(10)13/h2-6H,7H2,1H3,(H2,13,14)(H,17,18). The molecule has 2 aromatic heterocycles. The molecule has 3 N–H and O–H groups in total. The summed E-state index contributed by atoms with van der Waals surface area (Å²) in [6.07, 6.45) is 4.82. The number of nitrogens with one attached hydrogen (secondary N) is 1. The van der Waals surface area contributed by atoms with Gasteiger partial charge in [0.25, 0.3) is 5.91 Å². The van der Waals surface area contributed by atoms with E-state index >= 15 is 0 Å². The molecule has 6 nitrogen and oxygen atoms in total. The molecule has 0 saturated carbocycles. The average molecular weight is 243 g/mol. The molecule has 0 spiro atoms. The van der Waals surface area contributed by atoms with Crippen LogP contribution in [-0.2, 0) is 6.54 Å². The largest absolute Gasteiger partial charge is 0.383 e. The number of aromatic nitrogens is 3. The lowest BCUT2D eigenvalue weighted by Crippen LogP contribution is -2.24. The molecule has 0 radical (unpaired) electrons. The summed E-state index contributed by atoms with van der Waals surface area (Å²) in [6.45, 7) is 2.16. The zero-order valence-corrected chi connectivity index (χ0v) is 9.92. The summed E-state index contributed by atoms with van der Waals surface area (Å²) in [7, 11) is 0. The zero-order valence-electron chi connectivity index (χ0n) is 9.92. The number of anilines is 1. The van der Waals surface area contributed by atoms with Gasteiger partial charge in [-0.2, -0.15) is 0 Å². The Balaban J connectivity index is 2.01. The Kier molecular flexibility index (Phi) is 3.47. The smallest absolute Gasteiger partial charge is 0.255 e. The quantitative estimate of drug-likeness (QED) is 0.827. The number of rotatable bonds is 3. The predicted octanol–water partition coefficient (Wildman–Crippen LogP) is 0.692. The Morgan fingerprint density at radius 1 is 1.33 bits per heavy atom. The summed E-state index contributed by atoms with van der Waals surface area (Å²) in [6, 6.07) is 3.29. The van der Waals surface area contributed by atoms with E-state index in [1.807, 2.05) is 6.92 Å². The third-order valence-electron chi connectivity index (χ3n) is 2.35. The number of nitrogens with two attached hydrogens (primary N) is 1. The number of aryl methyl sites for hydroxylation is 1. The van der Waals surface area contributed by atoms with Crippen LogP contribution in [0.5, 0.6) is 0 Å². The lowest BCUT2D eigenvalue weighted by molar-refractivity contribution is 0.0951. The summed E-state index contributed by atoms with van der Waals surface area (Å²) in [5.41, 5.74) is 7.50. The first-order valence-corrected chi connectivity index (χ1v) is 5.43. The van der Waals surface area contributed by atoms with Crippen molar-refractivity contribution in [3.63, 3.8) is 0 Å². The molecule has 0 bridgehead atoms. The van der Waals surface area contributed by atoms with E-state index in [4.69, 9.17) is 5.73 Å². The number of hydrogen-bond acceptors (Lipinski definition) is 5. The Bertz CT molecular complexity index is 553. The molecule has 1 amide bonds. The zero-order chi connectivity index (χ0) is 13.0. The molecule has 0 saturated heterocycles. The van der Waals surface area contributed by atoms with Crippen LogP contribution in [0.1, 0.15) is 21.7 Å². The fourth-order valence-electron chi connectivity index (χ4n) is 1.39. The highest BCUT2D eigenvalue weighted by Gasteiger charge is 2.09. The highest BCUT2D eigenvalue weighted by molar-refractivity contribution is 5.98. The SMILES string of the molecule is Cc1cnc(CNC(=O)c2cccnc2N)cn1. The van der Waals surface area contributed by atoms with Crippen molar-refractivity contribution in [2.45, 2.75) is 13.5 Å². The van der Waals surface area contributed by atoms with Gasteiger partial charge in [-0.3, -0.25) is 14.8 Å². The molecule has 92 valence electrons. The molecule has 2 rings (SSSR count). The van der Waals surface area contributed by atoms with Crippen LogP contribution in [0.25, 0.3) is 0 Å². The predicted molar refractivity (Wildman–Crippen MR) is 66.6 cm³/mol. The normalized spacial score (nSPS) is 10.1. The average Bonchev–Trinajstić information content (AvgIpc) is 2.38. The van der Waals surface area contributed by atoms with Gasteiger partial charge in [-0.1, -0.05) is 0 Å². The molecule has 6 heteroatoms. The van der Waals surface area contributed by atoms with Crippen LogP contribution < -0.4 is 11.1 Å². The Morgan fingerprint density at radius 3 is 2.83 bits per heavy atom. The molecule has 0 unspecified atom stereocenters. The number of nitrogens with zero attached hydrogens (tertiary/aromatic N) is 3. The second-order valence-electron chi connectivity index (χ2n) is 3.77. The highest BCUT2D eigenvalue weighted by Crippen LogP contribution is 2.06. The molecule has 0 aromatic carbocycles. The highest BCUT2D eigenvalue weighted by atomic mass is 16.1. The molecule has 18 heavy (non-hydrogen) atoms. The third-order valence-corrected chi connectivity index (χ3v) is 2.35. The number of nitrogen functional groups attached to an aromatic ring is 1. The Hall–Kier alpha value is -2.50. The van der Waals surface area contributed by atoms with Gasteiger partial charge >= 0.3 is 0 Å². The number of amides is 1. The molecule has 2 aromatic rings. The summed E-state index contributed by atoms with van der Waals surface area (Å²) >= 11 is 0. The maximum absolute atomic E-state index is 11.8. The fourth-order valence-corrected chi connectivity index (χ4v) is 1.39. The van der Waals surface area contributed by atoms with Crippen molar-refractivity contribution in [3.05, 3.63) is 47.7 Å². The van der Waals surface area contributed by atoms with Gasteiger partial charge in [0.1, 0.15) is 5.82 Å². The van der Waals surface area contributed by atoms with Crippen molar-refractivity contribution in [1.29, 1.82) is 0 Å². The van der Waals surface area contributed by atoms with E-state index in [9.17, 15) is 4.79 Å². The van der Waals surface area contributed by atoms with E-state index in [0.717, 1.165) is 5.69 Å². The lowest BCUT2D eigenvalue weighted by Gasteiger charge is -2.06. The van der Waals surface area contributed by atoms with Crippen molar-refractivity contribution in [3.8, 4) is 0 Å². The van der Waals surface area contributed by atoms with Gasteiger partial charge in [0.2, 0.25) is 0 Å². The maximum Gasteiger partial charge on any atom is 0.255 e. The third kappa shape index (κ3) is 2.79. The van der Waals surface area contributed by atoms with Crippen molar-refractivity contribution in [2.24, 2.45) is 0 Å². The van der Waals surface area contributed by atoms with Crippen molar-refractivity contribution in [1.82, 2.24) is 20.3 Å². The van der Waals surface area contributed by atoms with Gasteiger partial charge in [-0.15, -0.1) is 0 Å². The number of pyridine rings is 1. The second kappa shape index (κ2) is 5.22. The van der Waals surface area contributed by atoms with Crippen molar-refractivity contribution < 1.29 is 4.79 Å². The van der Waals surface area contributed by atoms with Crippen LogP contribution in [0.4, 0.5) is 5.82 Å². The summed E-state index contributed by atoms with van der Waals surface area (Å²) < 4.78 is 0. The number of carbonyl (C=O) groups is 1. The van der Waals surface area contributed by atoms with Gasteiger partial charge in [0, 0.05) is 12.4 Å². The van der Waals surface area contributed by atoms with E-state index in [0.29, 0.717) is 17.8 Å². The number of hydrogen-bond donors (Lipinski definition) is 2.